The molecule has 0 radical (unpaired) electrons. The fourth-order valence-corrected chi connectivity index (χ4v) is 5.52. The monoisotopic (exact) mass is 372 g/mol. The second-order valence-corrected chi connectivity index (χ2v) is 8.55. The second kappa shape index (κ2) is 7.97. The van der Waals surface area contributed by atoms with Crippen molar-refractivity contribution in [2.24, 2.45) is 5.73 Å². The number of nitrogens with two attached hydrogens (primary N) is 1. The molecule has 0 unspecified atom stereocenters. The Kier molecular flexibility index (Phi) is 5.71. The number of thioether (sulfide) groups is 2. The van der Waals surface area contributed by atoms with Crippen molar-refractivity contribution in [3.05, 3.63) is 65.2 Å². The second-order valence-electron chi connectivity index (χ2n) is 5.82. The quantitative estimate of drug-likeness (QED) is 0.883. The number of primary amides is 1. The maximum absolute atomic E-state index is 12.7. The molecule has 0 atom stereocenters. The number of anilines is 1. The van der Waals surface area contributed by atoms with Gasteiger partial charge in [-0.2, -0.15) is 0 Å². The van der Waals surface area contributed by atoms with Crippen LogP contribution in [0.4, 0.5) is 5.69 Å². The van der Waals surface area contributed by atoms with Crippen molar-refractivity contribution in [3.63, 3.8) is 0 Å². The normalized spacial score (nSPS) is 14.9. The third kappa shape index (κ3) is 4.19. The summed E-state index contributed by atoms with van der Waals surface area (Å²) in [5, 5.41) is 0. The Labute approximate surface area is 156 Å². The highest BCUT2D eigenvalue weighted by molar-refractivity contribution is 8.16. The van der Waals surface area contributed by atoms with Crippen molar-refractivity contribution in [1.82, 2.24) is 0 Å². The highest BCUT2D eigenvalue weighted by atomic mass is 32.2. The zero-order valence-corrected chi connectivity index (χ0v) is 15.6. The van der Waals surface area contributed by atoms with Crippen LogP contribution in [-0.4, -0.2) is 30.4 Å². The fourth-order valence-electron chi connectivity index (χ4n) is 2.62. The van der Waals surface area contributed by atoms with E-state index in [0.717, 1.165) is 5.69 Å². The molecule has 4 nitrogen and oxygen atoms in total. The van der Waals surface area contributed by atoms with Gasteiger partial charge in [-0.05, 0) is 59.9 Å². The molecule has 1 aliphatic rings. The molecule has 130 valence electrons. The van der Waals surface area contributed by atoms with E-state index in [-0.39, 0.29) is 5.91 Å². The van der Waals surface area contributed by atoms with Gasteiger partial charge in [0.25, 0.3) is 5.91 Å². The Hall–Kier alpha value is -1.92. The van der Waals surface area contributed by atoms with E-state index >= 15 is 0 Å². The van der Waals surface area contributed by atoms with Crippen LogP contribution in [0.3, 0.4) is 0 Å². The predicted molar refractivity (Wildman–Crippen MR) is 106 cm³/mol. The van der Waals surface area contributed by atoms with Gasteiger partial charge >= 0.3 is 0 Å². The van der Waals surface area contributed by atoms with E-state index < -0.39 is 5.91 Å². The van der Waals surface area contributed by atoms with Crippen molar-refractivity contribution in [1.29, 1.82) is 0 Å². The van der Waals surface area contributed by atoms with Crippen LogP contribution in [0.15, 0.2) is 48.5 Å². The molecule has 2 amide bonds. The summed E-state index contributed by atoms with van der Waals surface area (Å²) in [4.78, 5) is 25.4. The Morgan fingerprint density at radius 3 is 2.08 bits per heavy atom. The van der Waals surface area contributed by atoms with Gasteiger partial charge in [-0.15, -0.1) is 23.5 Å². The molecule has 0 saturated carbocycles. The lowest BCUT2D eigenvalue weighted by Gasteiger charge is -2.22. The highest BCUT2D eigenvalue weighted by Crippen LogP contribution is 2.43. The molecular formula is C19H20N2O2S2. The summed E-state index contributed by atoms with van der Waals surface area (Å²) < 4.78 is 0.469. The number of amides is 2. The van der Waals surface area contributed by atoms with Crippen molar-refractivity contribution in [2.45, 2.75) is 11.0 Å². The molecular weight excluding hydrogens is 352 g/mol. The third-order valence-electron chi connectivity index (χ3n) is 4.10. The van der Waals surface area contributed by atoms with Gasteiger partial charge in [-0.3, -0.25) is 9.59 Å². The highest BCUT2D eigenvalue weighted by Gasteiger charge is 2.18. The van der Waals surface area contributed by atoms with Gasteiger partial charge in [0.2, 0.25) is 5.91 Å². The average molecular weight is 373 g/mol. The number of carbonyl (C=O) groups excluding carboxylic acids is 2. The van der Waals surface area contributed by atoms with E-state index in [1.54, 1.807) is 36.2 Å². The summed E-state index contributed by atoms with van der Waals surface area (Å²) in [6.07, 6.45) is 1.27. The van der Waals surface area contributed by atoms with Crippen LogP contribution in [0.2, 0.25) is 0 Å². The lowest BCUT2D eigenvalue weighted by atomic mass is 10.1. The Bertz CT molecular complexity index is 754. The minimum Gasteiger partial charge on any atom is -0.366 e. The third-order valence-corrected chi connectivity index (χ3v) is 7.12. The van der Waals surface area contributed by atoms with Gasteiger partial charge in [-0.1, -0.05) is 12.1 Å². The first-order valence-electron chi connectivity index (χ1n) is 8.07. The number of nitrogens with zero attached hydrogens (tertiary/aromatic N) is 1. The van der Waals surface area contributed by atoms with E-state index in [9.17, 15) is 9.59 Å². The SMILES string of the molecule is CN(C(=O)c1ccc(C2SCCCS2)cc1)c1ccc(C(N)=O)cc1. The number of hydrogen-bond acceptors (Lipinski definition) is 4. The van der Waals surface area contributed by atoms with Gasteiger partial charge in [0, 0.05) is 23.9 Å². The summed E-state index contributed by atoms with van der Waals surface area (Å²) in [5.74, 6) is 1.84. The molecule has 1 fully saturated rings. The summed E-state index contributed by atoms with van der Waals surface area (Å²) >= 11 is 3.93. The number of carbonyl (C=O) groups is 2. The zero-order chi connectivity index (χ0) is 17.8. The van der Waals surface area contributed by atoms with Crippen LogP contribution in [0.5, 0.6) is 0 Å². The molecule has 25 heavy (non-hydrogen) atoms. The molecule has 0 spiro atoms. The largest absolute Gasteiger partial charge is 0.366 e. The van der Waals surface area contributed by atoms with Crippen molar-refractivity contribution >= 4 is 41.0 Å². The van der Waals surface area contributed by atoms with Gasteiger partial charge in [0.1, 0.15) is 0 Å². The van der Waals surface area contributed by atoms with E-state index in [1.165, 1.54) is 23.5 Å². The van der Waals surface area contributed by atoms with E-state index in [0.29, 0.717) is 15.7 Å². The lowest BCUT2D eigenvalue weighted by Crippen LogP contribution is -2.26. The Morgan fingerprint density at radius 2 is 1.52 bits per heavy atom. The number of rotatable bonds is 4. The van der Waals surface area contributed by atoms with Gasteiger partial charge < -0.3 is 10.6 Å². The minimum atomic E-state index is -0.477. The first-order valence-corrected chi connectivity index (χ1v) is 10.2. The van der Waals surface area contributed by atoms with Crippen LogP contribution < -0.4 is 10.6 Å². The first kappa shape index (κ1) is 17.9. The van der Waals surface area contributed by atoms with E-state index in [1.807, 2.05) is 47.8 Å². The molecule has 2 aromatic rings. The van der Waals surface area contributed by atoms with Crippen molar-refractivity contribution in [3.8, 4) is 0 Å². The molecule has 2 aromatic carbocycles. The fraction of sp³-hybridized carbons (Fsp3) is 0.263. The molecule has 0 aromatic heterocycles. The van der Waals surface area contributed by atoms with E-state index in [4.69, 9.17) is 5.73 Å². The molecule has 0 aliphatic carbocycles. The number of benzene rings is 2. The summed E-state index contributed by atoms with van der Waals surface area (Å²) in [7, 11) is 1.72. The summed E-state index contributed by atoms with van der Waals surface area (Å²) in [6.45, 7) is 0. The summed E-state index contributed by atoms with van der Waals surface area (Å²) in [6, 6.07) is 14.6. The van der Waals surface area contributed by atoms with Crippen LogP contribution in [0.1, 0.15) is 37.3 Å². The molecule has 0 bridgehead atoms. The predicted octanol–water partition coefficient (Wildman–Crippen LogP) is 3.93. The standard InChI is InChI=1S/C19H20N2O2S2/c1-21(16-9-7-13(8-10-16)17(20)22)18(23)14-3-5-15(6-4-14)19-24-11-2-12-25-19/h3-10,19H,2,11-12H2,1H3,(H2,20,22). The van der Waals surface area contributed by atoms with Crippen LogP contribution >= 0.6 is 23.5 Å². The molecule has 2 N–H and O–H groups in total. The van der Waals surface area contributed by atoms with Crippen LogP contribution in [-0.2, 0) is 0 Å². The molecule has 1 aliphatic heterocycles. The molecule has 1 saturated heterocycles. The lowest BCUT2D eigenvalue weighted by molar-refractivity contribution is 0.0989. The van der Waals surface area contributed by atoms with Crippen molar-refractivity contribution < 1.29 is 9.59 Å². The van der Waals surface area contributed by atoms with E-state index in [2.05, 4.69) is 0 Å². The van der Waals surface area contributed by atoms with Crippen molar-refractivity contribution in [2.75, 3.05) is 23.5 Å². The Balaban J connectivity index is 1.72. The molecule has 6 heteroatoms. The number of hydrogen-bond donors (Lipinski definition) is 1. The molecule has 1 heterocycles. The zero-order valence-electron chi connectivity index (χ0n) is 14.0. The van der Waals surface area contributed by atoms with Crippen LogP contribution in [0.25, 0.3) is 0 Å². The van der Waals surface area contributed by atoms with Gasteiger partial charge in [0.15, 0.2) is 0 Å². The van der Waals surface area contributed by atoms with Gasteiger partial charge in [0.05, 0.1) is 4.58 Å². The van der Waals surface area contributed by atoms with Crippen LogP contribution in [0, 0.1) is 0 Å². The smallest absolute Gasteiger partial charge is 0.258 e. The Morgan fingerprint density at radius 1 is 0.960 bits per heavy atom. The maximum Gasteiger partial charge on any atom is 0.258 e. The van der Waals surface area contributed by atoms with Gasteiger partial charge in [-0.25, -0.2) is 0 Å². The topological polar surface area (TPSA) is 63.4 Å². The molecule has 3 rings (SSSR count). The first-order chi connectivity index (χ1) is 12.1. The minimum absolute atomic E-state index is 0.0812. The average Bonchev–Trinajstić information content (AvgIpc) is 2.67. The summed E-state index contributed by atoms with van der Waals surface area (Å²) in [5.41, 5.74) is 8.30. The maximum atomic E-state index is 12.7.